The number of benzene rings is 1. The van der Waals surface area contributed by atoms with Gasteiger partial charge in [0.1, 0.15) is 0 Å². The van der Waals surface area contributed by atoms with E-state index in [1.165, 1.54) is 5.52 Å². The van der Waals surface area contributed by atoms with Gasteiger partial charge in [-0.25, -0.2) is 4.98 Å². The maximum Gasteiger partial charge on any atom is 0.0958 e. The molecule has 0 spiro atoms. The molecule has 0 radical (unpaired) electrons. The fraction of sp³-hybridized carbons (Fsp3) is 0.588. The third-order valence-electron chi connectivity index (χ3n) is 4.23. The number of aromatic nitrogens is 2. The number of fused-ring (bicyclic) bond motifs is 1. The molecule has 3 rings (SSSR count). The maximum absolute atomic E-state index is 5.78. The SMILES string of the molecule is CC1CC(NCCCn2cnc3ccccc32)CC(C)O1. The highest BCUT2D eigenvalue weighted by molar-refractivity contribution is 5.74. The van der Waals surface area contributed by atoms with Crippen LogP contribution in [0.5, 0.6) is 0 Å². The Labute approximate surface area is 126 Å². The lowest BCUT2D eigenvalue weighted by atomic mass is 10.00. The summed E-state index contributed by atoms with van der Waals surface area (Å²) in [6.45, 7) is 6.41. The molecule has 1 saturated heterocycles. The Morgan fingerprint density at radius 3 is 2.81 bits per heavy atom. The van der Waals surface area contributed by atoms with Gasteiger partial charge >= 0.3 is 0 Å². The van der Waals surface area contributed by atoms with Gasteiger partial charge in [0, 0.05) is 12.6 Å². The molecule has 1 N–H and O–H groups in total. The number of hydrogen-bond donors (Lipinski definition) is 1. The van der Waals surface area contributed by atoms with E-state index in [1.54, 1.807) is 0 Å². The van der Waals surface area contributed by atoms with Crippen molar-refractivity contribution in [2.24, 2.45) is 0 Å². The predicted molar refractivity (Wildman–Crippen MR) is 85.4 cm³/mol. The Bertz CT molecular complexity index is 570. The van der Waals surface area contributed by atoms with Crippen molar-refractivity contribution in [2.45, 2.75) is 57.9 Å². The molecule has 2 heterocycles. The molecule has 2 atom stereocenters. The Kier molecular flexibility index (Phi) is 4.56. The molecule has 114 valence electrons. The molecular formula is C17H25N3O. The fourth-order valence-corrected chi connectivity index (χ4v) is 3.32. The normalized spacial score (nSPS) is 26.3. The zero-order chi connectivity index (χ0) is 14.7. The van der Waals surface area contributed by atoms with Gasteiger partial charge in [0.2, 0.25) is 0 Å². The zero-order valence-corrected chi connectivity index (χ0v) is 13.0. The van der Waals surface area contributed by atoms with Crippen molar-refractivity contribution in [3.63, 3.8) is 0 Å². The maximum atomic E-state index is 5.78. The van der Waals surface area contributed by atoms with Crippen molar-refractivity contribution in [1.82, 2.24) is 14.9 Å². The number of imidazole rings is 1. The largest absolute Gasteiger partial charge is 0.375 e. The Morgan fingerprint density at radius 1 is 1.24 bits per heavy atom. The highest BCUT2D eigenvalue weighted by Gasteiger charge is 2.23. The van der Waals surface area contributed by atoms with Crippen LogP contribution in [0.25, 0.3) is 11.0 Å². The van der Waals surface area contributed by atoms with Gasteiger partial charge < -0.3 is 14.6 Å². The number of rotatable bonds is 5. The minimum Gasteiger partial charge on any atom is -0.375 e. The summed E-state index contributed by atoms with van der Waals surface area (Å²) in [5.74, 6) is 0. The molecule has 4 nitrogen and oxygen atoms in total. The van der Waals surface area contributed by atoms with Crippen LogP contribution in [0.2, 0.25) is 0 Å². The summed E-state index contributed by atoms with van der Waals surface area (Å²) in [4.78, 5) is 4.43. The van der Waals surface area contributed by atoms with Gasteiger partial charge in [-0.3, -0.25) is 0 Å². The molecule has 0 bridgehead atoms. The Hall–Kier alpha value is -1.39. The molecule has 2 aromatic rings. The van der Waals surface area contributed by atoms with Crippen molar-refractivity contribution < 1.29 is 4.74 Å². The third kappa shape index (κ3) is 3.63. The average Bonchev–Trinajstić information content (AvgIpc) is 2.86. The molecule has 1 aromatic carbocycles. The lowest BCUT2D eigenvalue weighted by Gasteiger charge is -2.32. The molecule has 1 fully saturated rings. The highest BCUT2D eigenvalue weighted by atomic mass is 16.5. The van der Waals surface area contributed by atoms with Crippen LogP contribution in [0.15, 0.2) is 30.6 Å². The molecular weight excluding hydrogens is 262 g/mol. The van der Waals surface area contributed by atoms with Crippen molar-refractivity contribution in [1.29, 1.82) is 0 Å². The van der Waals surface area contributed by atoms with E-state index in [9.17, 15) is 0 Å². The van der Waals surface area contributed by atoms with Crippen LogP contribution in [-0.2, 0) is 11.3 Å². The first-order valence-electron chi connectivity index (χ1n) is 8.01. The van der Waals surface area contributed by atoms with E-state index in [2.05, 4.69) is 46.9 Å². The van der Waals surface area contributed by atoms with Crippen molar-refractivity contribution in [2.75, 3.05) is 6.54 Å². The molecule has 1 aliphatic rings. The lowest BCUT2D eigenvalue weighted by molar-refractivity contribution is -0.0420. The summed E-state index contributed by atoms with van der Waals surface area (Å²) in [6.07, 6.45) is 6.08. The molecule has 21 heavy (non-hydrogen) atoms. The Balaban J connectivity index is 1.46. The second-order valence-corrected chi connectivity index (χ2v) is 6.16. The van der Waals surface area contributed by atoms with Crippen LogP contribution >= 0.6 is 0 Å². The first kappa shape index (κ1) is 14.5. The van der Waals surface area contributed by atoms with Crippen molar-refractivity contribution in [3.05, 3.63) is 30.6 Å². The highest BCUT2D eigenvalue weighted by Crippen LogP contribution is 2.19. The van der Waals surface area contributed by atoms with Gasteiger partial charge in [0.25, 0.3) is 0 Å². The molecule has 4 heteroatoms. The average molecular weight is 287 g/mol. The van der Waals surface area contributed by atoms with Gasteiger partial charge in [0.15, 0.2) is 0 Å². The van der Waals surface area contributed by atoms with Crippen molar-refractivity contribution >= 4 is 11.0 Å². The van der Waals surface area contributed by atoms with Crippen LogP contribution in [0.3, 0.4) is 0 Å². The van der Waals surface area contributed by atoms with E-state index in [4.69, 9.17) is 4.74 Å². The second kappa shape index (κ2) is 6.58. The standard InChI is InChI=1S/C17H25N3O/c1-13-10-15(11-14(2)21-13)18-8-5-9-20-12-19-16-6-3-4-7-17(16)20/h3-4,6-7,12-15,18H,5,8-11H2,1-2H3. The van der Waals surface area contributed by atoms with Gasteiger partial charge in [0.05, 0.1) is 29.6 Å². The molecule has 0 amide bonds. The van der Waals surface area contributed by atoms with Crippen molar-refractivity contribution in [3.8, 4) is 0 Å². The number of aryl methyl sites for hydroxylation is 1. The summed E-state index contributed by atoms with van der Waals surface area (Å²) in [5, 5.41) is 3.68. The minimum atomic E-state index is 0.379. The molecule has 0 saturated carbocycles. The molecule has 2 unspecified atom stereocenters. The first-order valence-corrected chi connectivity index (χ1v) is 8.01. The van der Waals surface area contributed by atoms with Gasteiger partial charge in [-0.2, -0.15) is 0 Å². The second-order valence-electron chi connectivity index (χ2n) is 6.16. The zero-order valence-electron chi connectivity index (χ0n) is 13.0. The van der Waals surface area contributed by atoms with Gasteiger partial charge in [-0.15, -0.1) is 0 Å². The van der Waals surface area contributed by atoms with Gasteiger partial charge in [-0.05, 0) is 51.8 Å². The smallest absolute Gasteiger partial charge is 0.0958 e. The fourth-order valence-electron chi connectivity index (χ4n) is 3.32. The number of ether oxygens (including phenoxy) is 1. The molecule has 0 aliphatic carbocycles. The first-order chi connectivity index (χ1) is 10.2. The molecule has 1 aliphatic heterocycles. The van der Waals surface area contributed by atoms with Crippen LogP contribution in [0.1, 0.15) is 33.1 Å². The van der Waals surface area contributed by atoms with E-state index in [1.807, 2.05) is 12.4 Å². The monoisotopic (exact) mass is 287 g/mol. The predicted octanol–water partition coefficient (Wildman–Crippen LogP) is 2.97. The quantitative estimate of drug-likeness (QED) is 0.859. The number of nitrogens with one attached hydrogen (secondary N) is 1. The van der Waals surface area contributed by atoms with E-state index in [0.717, 1.165) is 37.9 Å². The third-order valence-corrected chi connectivity index (χ3v) is 4.23. The topological polar surface area (TPSA) is 39.1 Å². The minimum absolute atomic E-state index is 0.379. The van der Waals surface area contributed by atoms with E-state index < -0.39 is 0 Å². The van der Waals surface area contributed by atoms with Gasteiger partial charge in [-0.1, -0.05) is 12.1 Å². The summed E-state index contributed by atoms with van der Waals surface area (Å²) >= 11 is 0. The van der Waals surface area contributed by atoms with Crippen LogP contribution in [-0.4, -0.2) is 34.3 Å². The van der Waals surface area contributed by atoms with Crippen LogP contribution in [0.4, 0.5) is 0 Å². The van der Waals surface area contributed by atoms with E-state index in [-0.39, 0.29) is 0 Å². The summed E-state index contributed by atoms with van der Waals surface area (Å²) in [6, 6.07) is 8.91. The Morgan fingerprint density at radius 2 is 2.00 bits per heavy atom. The van der Waals surface area contributed by atoms with Crippen LogP contribution < -0.4 is 5.32 Å². The summed E-state index contributed by atoms with van der Waals surface area (Å²) in [7, 11) is 0. The number of hydrogen-bond acceptors (Lipinski definition) is 3. The number of nitrogens with zero attached hydrogens (tertiary/aromatic N) is 2. The van der Waals surface area contributed by atoms with E-state index in [0.29, 0.717) is 18.2 Å². The molecule has 1 aromatic heterocycles. The van der Waals surface area contributed by atoms with E-state index >= 15 is 0 Å². The summed E-state index contributed by atoms with van der Waals surface area (Å²) in [5.41, 5.74) is 2.31. The number of para-hydroxylation sites is 2. The van der Waals surface area contributed by atoms with Crippen LogP contribution in [0, 0.1) is 0 Å². The lowest BCUT2D eigenvalue weighted by Crippen LogP contribution is -2.41. The summed E-state index contributed by atoms with van der Waals surface area (Å²) < 4.78 is 8.02.